The second-order valence-electron chi connectivity index (χ2n) is 28.1. The number of aromatic hydroxyl groups is 1. The van der Waals surface area contributed by atoms with Gasteiger partial charge in [-0.15, -0.1) is 11.3 Å². The van der Waals surface area contributed by atoms with Crippen molar-refractivity contribution in [3.63, 3.8) is 0 Å². The molecule has 91 heavy (non-hydrogen) atoms. The first kappa shape index (κ1) is 62.3. The highest BCUT2D eigenvalue weighted by atomic mass is 32.1. The van der Waals surface area contributed by atoms with E-state index in [9.17, 15) is 24.6 Å². The van der Waals surface area contributed by atoms with Gasteiger partial charge in [-0.3, -0.25) is 19.5 Å². The maximum absolute atomic E-state index is 17.6. The molecule has 6 saturated heterocycles. The van der Waals surface area contributed by atoms with Gasteiger partial charge in [-0.25, -0.2) is 19.2 Å². The summed E-state index contributed by atoms with van der Waals surface area (Å²) in [6, 6.07) is 17.9. The second kappa shape index (κ2) is 25.5. The second-order valence-corrected chi connectivity index (χ2v) is 28.9. The fraction of sp³-hybridized carbons (Fsp3) is 0.543. The van der Waals surface area contributed by atoms with E-state index in [0.717, 1.165) is 141 Å². The van der Waals surface area contributed by atoms with E-state index in [1.165, 1.54) is 4.90 Å². The average Bonchev–Trinajstić information content (AvgIpc) is 1.55. The van der Waals surface area contributed by atoms with E-state index in [1.54, 1.807) is 29.7 Å². The van der Waals surface area contributed by atoms with Crippen LogP contribution in [0.5, 0.6) is 5.75 Å². The molecule has 6 fully saturated rings. The first-order valence-corrected chi connectivity index (χ1v) is 34.0. The number of β-amino-alcohol motifs (C(OH)–C–C–N with tert-alkyl or cyclic N) is 1. The summed E-state index contributed by atoms with van der Waals surface area (Å²) in [5.41, 5.74) is 6.10. The van der Waals surface area contributed by atoms with E-state index < -0.39 is 29.5 Å². The highest BCUT2D eigenvalue weighted by Gasteiger charge is 2.47. The van der Waals surface area contributed by atoms with E-state index in [1.807, 2.05) is 107 Å². The van der Waals surface area contributed by atoms with E-state index >= 15 is 4.39 Å². The number of aryl methyl sites for hydroxylation is 2. The van der Waals surface area contributed by atoms with Crippen molar-refractivity contribution >= 4 is 68.5 Å². The van der Waals surface area contributed by atoms with E-state index in [2.05, 4.69) is 42.0 Å². The zero-order valence-electron chi connectivity index (χ0n) is 53.8. The highest BCUT2D eigenvalue weighted by Crippen LogP contribution is 2.43. The van der Waals surface area contributed by atoms with Crippen molar-refractivity contribution in [1.29, 1.82) is 0 Å². The number of aromatic nitrogens is 5. The fourth-order valence-electron chi connectivity index (χ4n) is 15.4. The standard InChI is InChI=1S/C70H87FN12O7S/c1-9-46-11-10-12-49-28-52(84)29-54(60(46)49)62-61(71)63-55(32-72-62)65(81-36-50-17-18-51(37-81)83(50)69(88)89-70(6,7)8)76-68(75-63)79-25-21-44(22-26-79)33-78-23-19-43(20-24-78)27-45-34-80(35-45)58-31-57(90-77-58)59(40(2)3)67(87)82-38-53(85)30-56(82)66(86)74-41(4)47-13-15-48(16-14-47)64-42(5)73-39-91-64/h10-16,28-29,31-32,39-41,43-45,50-51,53,56,59,84-85H,9,17-27,30,33-38H2,1-8H3,(H,74,86)/t41-,50?,51?,53+,56-,59+/m0/s1. The number of piperidine rings is 2. The molecule has 13 rings (SSSR count). The molecule has 19 nitrogen and oxygen atoms in total. The summed E-state index contributed by atoms with van der Waals surface area (Å²) in [7, 11) is 0. The molecular weight excluding hydrogens is 1170 g/mol. The van der Waals surface area contributed by atoms with Gasteiger partial charge in [0.25, 0.3) is 0 Å². The molecule has 10 heterocycles. The van der Waals surface area contributed by atoms with Gasteiger partial charge >= 0.3 is 6.09 Å². The maximum Gasteiger partial charge on any atom is 0.410 e. The topological polar surface area (TPSA) is 210 Å². The average molecular weight is 1260 g/mol. The van der Waals surface area contributed by atoms with Crippen LogP contribution < -0.4 is 20.0 Å². The lowest BCUT2D eigenvalue weighted by atomic mass is 9.83. The molecule has 4 aromatic heterocycles. The number of benzene rings is 3. The lowest BCUT2D eigenvalue weighted by molar-refractivity contribution is -0.141. The lowest BCUT2D eigenvalue weighted by Crippen LogP contribution is -2.57. The molecular formula is C70H87FN12O7S. The Kier molecular flexibility index (Phi) is 17.5. The number of rotatable bonds is 16. The Morgan fingerprint density at radius 1 is 0.846 bits per heavy atom. The molecule has 6 aliphatic heterocycles. The van der Waals surface area contributed by atoms with Gasteiger partial charge in [-0.2, -0.15) is 4.98 Å². The number of hydrogen-bond donors (Lipinski definition) is 3. The van der Waals surface area contributed by atoms with Crippen LogP contribution in [-0.4, -0.2) is 163 Å². The molecule has 3 amide bonds. The van der Waals surface area contributed by atoms with Crippen LogP contribution >= 0.6 is 11.3 Å². The number of phenolic OH excluding ortho intramolecular Hbond substituents is 1. The van der Waals surface area contributed by atoms with Gasteiger partial charge in [-0.05, 0) is 162 Å². The van der Waals surface area contributed by atoms with Crippen LogP contribution in [0.3, 0.4) is 0 Å². The maximum atomic E-state index is 17.6. The Labute approximate surface area is 536 Å². The molecule has 0 radical (unpaired) electrons. The van der Waals surface area contributed by atoms with Gasteiger partial charge in [0.2, 0.25) is 17.8 Å². The molecule has 6 atom stereocenters. The van der Waals surface area contributed by atoms with Crippen LogP contribution in [0.2, 0.25) is 0 Å². The summed E-state index contributed by atoms with van der Waals surface area (Å²) in [6.07, 6.45) is 8.55. The number of fused-ring (bicyclic) bond motifs is 4. The summed E-state index contributed by atoms with van der Waals surface area (Å²) in [5, 5.41) is 31.6. The fourth-order valence-corrected chi connectivity index (χ4v) is 16.2. The van der Waals surface area contributed by atoms with Crippen molar-refractivity contribution in [3.05, 3.63) is 101 Å². The van der Waals surface area contributed by atoms with E-state index in [4.69, 9.17) is 24.2 Å². The summed E-state index contributed by atoms with van der Waals surface area (Å²) >= 11 is 1.60. The third kappa shape index (κ3) is 12.8. The third-order valence-corrected chi connectivity index (χ3v) is 21.2. The number of piperazine rings is 1. The van der Waals surface area contributed by atoms with Crippen molar-refractivity contribution in [3.8, 4) is 27.4 Å². The molecule has 3 aromatic carbocycles. The Hall–Kier alpha value is -7.49. The number of anilines is 3. The van der Waals surface area contributed by atoms with Crippen molar-refractivity contribution in [2.45, 2.75) is 155 Å². The zero-order chi connectivity index (χ0) is 63.6. The number of amides is 3. The highest BCUT2D eigenvalue weighted by molar-refractivity contribution is 7.13. The van der Waals surface area contributed by atoms with E-state index in [-0.39, 0.29) is 71.9 Å². The summed E-state index contributed by atoms with van der Waals surface area (Å²) in [6.45, 7) is 23.2. The van der Waals surface area contributed by atoms with Crippen LogP contribution in [0, 0.1) is 36.4 Å². The van der Waals surface area contributed by atoms with Crippen LogP contribution in [0.1, 0.15) is 134 Å². The molecule has 482 valence electrons. The Morgan fingerprint density at radius 2 is 1.57 bits per heavy atom. The lowest BCUT2D eigenvalue weighted by Gasteiger charge is -2.43. The smallest absolute Gasteiger partial charge is 0.410 e. The number of nitrogens with zero attached hydrogens (tertiary/aromatic N) is 11. The molecule has 2 unspecified atom stereocenters. The van der Waals surface area contributed by atoms with E-state index in [0.29, 0.717) is 59.3 Å². The number of pyridine rings is 1. The number of halogens is 1. The van der Waals surface area contributed by atoms with Gasteiger partial charge in [0, 0.05) is 76.6 Å². The third-order valence-electron chi connectivity index (χ3n) is 20.2. The number of phenols is 1. The molecule has 0 saturated carbocycles. The van der Waals surface area contributed by atoms with Gasteiger partial charge in [-0.1, -0.05) is 68.4 Å². The van der Waals surface area contributed by atoms with Gasteiger partial charge in [0.1, 0.15) is 40.3 Å². The number of hydrogen-bond acceptors (Lipinski definition) is 17. The van der Waals surface area contributed by atoms with Gasteiger partial charge < -0.3 is 49.3 Å². The monoisotopic (exact) mass is 1260 g/mol. The first-order chi connectivity index (χ1) is 43.7. The number of carbonyl (C=O) groups is 3. The molecule has 0 aliphatic carbocycles. The minimum Gasteiger partial charge on any atom is -0.508 e. The SMILES string of the molecule is CCc1cccc2cc(O)cc(-c3ncc4c(N5CC6CCC(C5)N6C(=O)OC(C)(C)C)nc(N5CCC(CN6CCC(CC7CN(c8cc([C@H](C(=O)N9C[C@H](O)C[C@H]9C(=O)N[C@@H](C)c9ccc(-c%10scnc%10C)cc9)C(C)C)on8)C7)CC6)CC5)nc4c3F)c12. The summed E-state index contributed by atoms with van der Waals surface area (Å²) < 4.78 is 29.5. The van der Waals surface area contributed by atoms with Crippen molar-refractivity contribution in [2.24, 2.45) is 23.7 Å². The van der Waals surface area contributed by atoms with Crippen LogP contribution in [0.15, 0.2) is 76.9 Å². The molecule has 6 aliphatic rings. The minimum absolute atomic E-state index is 0.0369. The largest absolute Gasteiger partial charge is 0.508 e. The molecule has 7 aromatic rings. The number of nitrogens with one attached hydrogen (secondary N) is 1. The number of aliphatic hydroxyl groups excluding tert-OH is 1. The summed E-state index contributed by atoms with van der Waals surface area (Å²) in [4.78, 5) is 75.3. The Balaban J connectivity index is 0.612. The van der Waals surface area contributed by atoms with Gasteiger partial charge in [0.15, 0.2) is 17.4 Å². The number of ether oxygens (including phenoxy) is 1. The molecule has 3 N–H and O–H groups in total. The molecule has 2 bridgehead atoms. The van der Waals surface area contributed by atoms with Crippen LogP contribution in [0.4, 0.5) is 26.8 Å². The van der Waals surface area contributed by atoms with Crippen molar-refractivity contribution in [2.75, 3.05) is 80.1 Å². The number of thiazole rings is 1. The van der Waals surface area contributed by atoms with Crippen molar-refractivity contribution in [1.82, 2.24) is 45.1 Å². The number of likely N-dealkylation sites (tertiary alicyclic amines) is 2. The Morgan fingerprint density at radius 3 is 2.25 bits per heavy atom. The normalized spacial score (nSPS) is 21.9. The first-order valence-electron chi connectivity index (χ1n) is 33.1. The Bertz CT molecular complexity index is 3800. The van der Waals surface area contributed by atoms with Crippen molar-refractivity contribution < 1.29 is 38.2 Å². The molecule has 0 spiro atoms. The van der Waals surface area contributed by atoms with Gasteiger partial charge in [0.05, 0.1) is 45.7 Å². The summed E-state index contributed by atoms with van der Waals surface area (Å²) in [5.74, 6) is 2.14. The number of aliphatic hydroxyl groups is 1. The number of carbonyl (C=O) groups excluding carboxylic acids is 3. The molecule has 21 heteroatoms. The minimum atomic E-state index is -0.816. The predicted octanol–water partition coefficient (Wildman–Crippen LogP) is 11.3. The van der Waals surface area contributed by atoms with Crippen LogP contribution in [0.25, 0.3) is 43.4 Å². The predicted molar refractivity (Wildman–Crippen MR) is 352 cm³/mol. The zero-order valence-corrected chi connectivity index (χ0v) is 54.6. The van der Waals surface area contributed by atoms with Crippen LogP contribution in [-0.2, 0) is 20.7 Å². The quantitative estimate of drug-likeness (QED) is 0.0821.